The summed E-state index contributed by atoms with van der Waals surface area (Å²) in [5.41, 5.74) is 0.817. The lowest BCUT2D eigenvalue weighted by Gasteiger charge is -2.29. The van der Waals surface area contributed by atoms with Crippen molar-refractivity contribution in [1.82, 2.24) is 0 Å². The molecule has 0 amide bonds. The van der Waals surface area contributed by atoms with Gasteiger partial charge in [0.05, 0.1) is 19.3 Å². The van der Waals surface area contributed by atoms with Gasteiger partial charge in [-0.05, 0) is 31.7 Å². The first-order valence-electron chi connectivity index (χ1n) is 7.73. The van der Waals surface area contributed by atoms with Crippen LogP contribution in [0.5, 0.6) is 5.75 Å². The number of rotatable bonds is 6. The van der Waals surface area contributed by atoms with Crippen molar-refractivity contribution >= 4 is 0 Å². The van der Waals surface area contributed by atoms with E-state index in [1.165, 1.54) is 19.3 Å². The molecule has 1 aliphatic rings. The second-order valence-corrected chi connectivity index (χ2v) is 5.62. The smallest absolute Gasteiger partial charge is 0.125 e. The minimum absolute atomic E-state index is 0.289. The van der Waals surface area contributed by atoms with Crippen molar-refractivity contribution in [2.45, 2.75) is 51.7 Å². The number of hydrogen-bond acceptors (Lipinski definition) is 3. The van der Waals surface area contributed by atoms with Gasteiger partial charge in [0, 0.05) is 5.56 Å². The number of aliphatic hydroxyl groups excluding tert-OH is 1. The molecule has 0 spiro atoms. The zero-order valence-electron chi connectivity index (χ0n) is 12.5. The Bertz CT molecular complexity index is 405. The highest BCUT2D eigenvalue weighted by molar-refractivity contribution is 5.35. The molecule has 20 heavy (non-hydrogen) atoms. The van der Waals surface area contributed by atoms with Gasteiger partial charge in [0.15, 0.2) is 0 Å². The molecule has 1 aromatic carbocycles. The first-order chi connectivity index (χ1) is 9.72. The topological polar surface area (TPSA) is 38.7 Å². The summed E-state index contributed by atoms with van der Waals surface area (Å²) in [5.74, 6) is 1.35. The van der Waals surface area contributed by atoms with Gasteiger partial charge < -0.3 is 14.6 Å². The summed E-state index contributed by atoms with van der Waals surface area (Å²) in [6.07, 6.45) is 4.55. The maximum Gasteiger partial charge on any atom is 0.125 e. The van der Waals surface area contributed by atoms with E-state index >= 15 is 0 Å². The summed E-state index contributed by atoms with van der Waals surface area (Å²) < 4.78 is 11.5. The molecule has 3 heteroatoms. The standard InChI is InChI=1S/C17H26O3/c1-3-19-17-11-7-5-9-14(17)15(18)12-20-16-10-6-4-8-13(16)2/h5,7,9,11,13,15-16,18H,3-4,6,8,10,12H2,1-2H3. The first kappa shape index (κ1) is 15.3. The van der Waals surface area contributed by atoms with Crippen molar-refractivity contribution in [1.29, 1.82) is 0 Å². The molecule has 1 saturated carbocycles. The van der Waals surface area contributed by atoms with Gasteiger partial charge in [-0.15, -0.1) is 0 Å². The van der Waals surface area contributed by atoms with Crippen molar-refractivity contribution in [3.05, 3.63) is 29.8 Å². The quantitative estimate of drug-likeness (QED) is 0.862. The molecule has 0 aromatic heterocycles. The monoisotopic (exact) mass is 278 g/mol. The van der Waals surface area contributed by atoms with Crippen LogP contribution in [-0.2, 0) is 4.74 Å². The van der Waals surface area contributed by atoms with E-state index in [0.29, 0.717) is 19.1 Å². The Morgan fingerprint density at radius 1 is 1.25 bits per heavy atom. The maximum atomic E-state index is 10.3. The van der Waals surface area contributed by atoms with E-state index in [-0.39, 0.29) is 6.10 Å². The Balaban J connectivity index is 1.92. The van der Waals surface area contributed by atoms with E-state index < -0.39 is 6.10 Å². The molecule has 1 aliphatic carbocycles. The Morgan fingerprint density at radius 2 is 2.00 bits per heavy atom. The second kappa shape index (κ2) is 7.65. The molecular formula is C17H26O3. The lowest BCUT2D eigenvalue weighted by Crippen LogP contribution is -2.27. The lowest BCUT2D eigenvalue weighted by atomic mass is 9.88. The van der Waals surface area contributed by atoms with Crippen LogP contribution in [0.3, 0.4) is 0 Å². The SMILES string of the molecule is CCOc1ccccc1C(O)COC1CCCCC1C. The minimum atomic E-state index is -0.619. The summed E-state index contributed by atoms with van der Waals surface area (Å²) in [5, 5.41) is 10.3. The van der Waals surface area contributed by atoms with Crippen LogP contribution in [-0.4, -0.2) is 24.4 Å². The van der Waals surface area contributed by atoms with Gasteiger partial charge >= 0.3 is 0 Å². The molecule has 3 nitrogen and oxygen atoms in total. The first-order valence-corrected chi connectivity index (χ1v) is 7.73. The van der Waals surface area contributed by atoms with Gasteiger partial charge in [-0.1, -0.05) is 38.0 Å². The zero-order valence-corrected chi connectivity index (χ0v) is 12.5. The average Bonchev–Trinajstić information content (AvgIpc) is 2.47. The molecule has 0 saturated heterocycles. The number of ether oxygens (including phenoxy) is 2. The molecule has 1 N–H and O–H groups in total. The highest BCUT2D eigenvalue weighted by Gasteiger charge is 2.23. The molecule has 0 heterocycles. The summed E-state index contributed by atoms with van der Waals surface area (Å²) in [4.78, 5) is 0. The van der Waals surface area contributed by atoms with Crippen molar-refractivity contribution < 1.29 is 14.6 Å². The highest BCUT2D eigenvalue weighted by Crippen LogP contribution is 2.29. The molecule has 2 rings (SSSR count). The number of hydrogen-bond donors (Lipinski definition) is 1. The van der Waals surface area contributed by atoms with Crippen LogP contribution in [0, 0.1) is 5.92 Å². The Kier molecular flexibility index (Phi) is 5.86. The zero-order chi connectivity index (χ0) is 14.4. The normalized spacial score (nSPS) is 24.4. The Morgan fingerprint density at radius 3 is 2.75 bits per heavy atom. The second-order valence-electron chi connectivity index (χ2n) is 5.62. The fourth-order valence-electron chi connectivity index (χ4n) is 2.88. The van der Waals surface area contributed by atoms with E-state index in [1.54, 1.807) is 0 Å². The van der Waals surface area contributed by atoms with Gasteiger partial charge in [0.2, 0.25) is 0 Å². The van der Waals surface area contributed by atoms with Crippen molar-refractivity contribution in [2.75, 3.05) is 13.2 Å². The minimum Gasteiger partial charge on any atom is -0.493 e. The predicted molar refractivity (Wildman–Crippen MR) is 79.9 cm³/mol. The molecule has 0 radical (unpaired) electrons. The van der Waals surface area contributed by atoms with E-state index in [1.807, 2.05) is 31.2 Å². The van der Waals surface area contributed by atoms with Crippen molar-refractivity contribution in [2.24, 2.45) is 5.92 Å². The summed E-state index contributed by atoms with van der Waals surface area (Å²) in [7, 11) is 0. The van der Waals surface area contributed by atoms with Crippen LogP contribution in [0.4, 0.5) is 0 Å². The summed E-state index contributed by atoms with van der Waals surface area (Å²) in [6.45, 7) is 5.14. The number of benzene rings is 1. The molecule has 1 fully saturated rings. The van der Waals surface area contributed by atoms with Gasteiger partial charge in [0.1, 0.15) is 11.9 Å². The number of aliphatic hydroxyl groups is 1. The average molecular weight is 278 g/mol. The van der Waals surface area contributed by atoms with Gasteiger partial charge in [-0.3, -0.25) is 0 Å². The van der Waals surface area contributed by atoms with Gasteiger partial charge in [0.25, 0.3) is 0 Å². The third-order valence-electron chi connectivity index (χ3n) is 4.08. The van der Waals surface area contributed by atoms with E-state index in [2.05, 4.69) is 6.92 Å². The molecule has 0 aliphatic heterocycles. The van der Waals surface area contributed by atoms with Crippen LogP contribution in [0.1, 0.15) is 51.2 Å². The van der Waals surface area contributed by atoms with E-state index in [0.717, 1.165) is 17.7 Å². The van der Waals surface area contributed by atoms with Gasteiger partial charge in [-0.2, -0.15) is 0 Å². The lowest BCUT2D eigenvalue weighted by molar-refractivity contribution is -0.0472. The van der Waals surface area contributed by atoms with Crippen LogP contribution >= 0.6 is 0 Å². The molecule has 0 bridgehead atoms. The Hall–Kier alpha value is -1.06. The molecule has 3 unspecified atom stereocenters. The fourth-order valence-corrected chi connectivity index (χ4v) is 2.88. The van der Waals surface area contributed by atoms with Gasteiger partial charge in [-0.25, -0.2) is 0 Å². The molecule has 112 valence electrons. The van der Waals surface area contributed by atoms with E-state index in [9.17, 15) is 5.11 Å². The Labute approximate surface area is 121 Å². The predicted octanol–water partition coefficient (Wildman–Crippen LogP) is 3.71. The maximum absolute atomic E-state index is 10.3. The fraction of sp³-hybridized carbons (Fsp3) is 0.647. The summed E-state index contributed by atoms with van der Waals surface area (Å²) in [6, 6.07) is 7.64. The summed E-state index contributed by atoms with van der Waals surface area (Å²) >= 11 is 0. The van der Waals surface area contributed by atoms with Crippen LogP contribution in [0.2, 0.25) is 0 Å². The molecule has 1 aromatic rings. The van der Waals surface area contributed by atoms with Crippen molar-refractivity contribution in [3.8, 4) is 5.75 Å². The van der Waals surface area contributed by atoms with Crippen molar-refractivity contribution in [3.63, 3.8) is 0 Å². The van der Waals surface area contributed by atoms with Crippen LogP contribution in [0.25, 0.3) is 0 Å². The third kappa shape index (κ3) is 3.97. The van der Waals surface area contributed by atoms with Crippen LogP contribution in [0.15, 0.2) is 24.3 Å². The van der Waals surface area contributed by atoms with Crippen LogP contribution < -0.4 is 4.74 Å². The molecule has 3 atom stereocenters. The largest absolute Gasteiger partial charge is 0.493 e. The number of para-hydroxylation sites is 1. The highest BCUT2D eigenvalue weighted by atomic mass is 16.5. The molecular weight excluding hydrogens is 252 g/mol. The van der Waals surface area contributed by atoms with E-state index in [4.69, 9.17) is 9.47 Å². The third-order valence-corrected chi connectivity index (χ3v) is 4.08.